The maximum Gasteiger partial charge on any atom is 0.195 e. The second-order valence-corrected chi connectivity index (χ2v) is 7.20. The highest BCUT2D eigenvalue weighted by molar-refractivity contribution is 7.17. The molecule has 2 aromatic heterocycles. The zero-order chi connectivity index (χ0) is 19.0. The predicted molar refractivity (Wildman–Crippen MR) is 107 cm³/mol. The average Bonchev–Trinajstić information content (AvgIpc) is 3.22. The Morgan fingerprint density at radius 2 is 1.85 bits per heavy atom. The summed E-state index contributed by atoms with van der Waals surface area (Å²) in [6.45, 7) is 2.02. The van der Waals surface area contributed by atoms with Gasteiger partial charge in [0.1, 0.15) is 22.9 Å². The number of ether oxygens (including phenoxy) is 2. The minimum atomic E-state index is 0.528. The molecule has 4 rings (SSSR count). The third-order valence-corrected chi connectivity index (χ3v) is 5.46. The molecule has 0 fully saturated rings. The number of carbonyl (C=O) groups is 1. The standard InChI is InChI=1S/C21H18N2O3S/c1-13-20(16-11-15(25-2)9-10-18(16)26-3)23-17(12-24)19(22-21(23)27-13)14-7-5-4-6-8-14/h4-12H,1-3H3. The highest BCUT2D eigenvalue weighted by atomic mass is 32.1. The van der Waals surface area contributed by atoms with Gasteiger partial charge in [-0.25, -0.2) is 4.98 Å². The number of methoxy groups -OCH3 is 2. The third kappa shape index (κ3) is 2.78. The summed E-state index contributed by atoms with van der Waals surface area (Å²) in [4.78, 5) is 18.6. The molecule has 6 heteroatoms. The minimum Gasteiger partial charge on any atom is -0.497 e. The number of benzene rings is 2. The van der Waals surface area contributed by atoms with Crippen molar-refractivity contribution in [3.8, 4) is 34.0 Å². The number of aryl methyl sites for hydroxylation is 1. The van der Waals surface area contributed by atoms with Crippen molar-refractivity contribution in [2.75, 3.05) is 14.2 Å². The molecule has 0 amide bonds. The average molecular weight is 378 g/mol. The van der Waals surface area contributed by atoms with Crippen molar-refractivity contribution < 1.29 is 14.3 Å². The van der Waals surface area contributed by atoms with Gasteiger partial charge in [-0.1, -0.05) is 30.3 Å². The van der Waals surface area contributed by atoms with Crippen molar-refractivity contribution in [3.05, 3.63) is 59.1 Å². The molecule has 0 saturated heterocycles. The van der Waals surface area contributed by atoms with Crippen LogP contribution in [0.1, 0.15) is 15.4 Å². The zero-order valence-electron chi connectivity index (χ0n) is 15.2. The fourth-order valence-corrected chi connectivity index (χ4v) is 4.25. The second-order valence-electron chi connectivity index (χ2n) is 6.02. The molecule has 0 saturated carbocycles. The Labute approximate surface area is 160 Å². The molecule has 0 bridgehead atoms. The smallest absolute Gasteiger partial charge is 0.195 e. The van der Waals surface area contributed by atoms with Crippen LogP contribution in [0.4, 0.5) is 0 Å². The van der Waals surface area contributed by atoms with E-state index in [1.54, 1.807) is 25.6 Å². The van der Waals surface area contributed by atoms with E-state index in [0.29, 0.717) is 17.1 Å². The van der Waals surface area contributed by atoms with Crippen LogP contribution in [0, 0.1) is 6.92 Å². The van der Waals surface area contributed by atoms with Crippen molar-refractivity contribution in [2.45, 2.75) is 6.92 Å². The third-order valence-electron chi connectivity index (χ3n) is 4.50. The van der Waals surface area contributed by atoms with Crippen molar-refractivity contribution in [3.63, 3.8) is 0 Å². The molecule has 0 spiro atoms. The van der Waals surface area contributed by atoms with Gasteiger partial charge in [0.05, 0.1) is 19.9 Å². The van der Waals surface area contributed by atoms with Crippen LogP contribution >= 0.6 is 11.3 Å². The number of nitrogens with zero attached hydrogens (tertiary/aromatic N) is 2. The number of carbonyl (C=O) groups excluding carboxylic acids is 1. The van der Waals surface area contributed by atoms with Gasteiger partial charge in [0.2, 0.25) is 0 Å². The summed E-state index contributed by atoms with van der Waals surface area (Å²) < 4.78 is 12.9. The number of fused-ring (bicyclic) bond motifs is 1. The zero-order valence-corrected chi connectivity index (χ0v) is 16.0. The topological polar surface area (TPSA) is 52.8 Å². The van der Waals surface area contributed by atoms with E-state index in [1.165, 1.54) is 0 Å². The molecule has 0 unspecified atom stereocenters. The summed E-state index contributed by atoms with van der Waals surface area (Å²) in [6.07, 6.45) is 0.866. The molecule has 0 aliphatic heterocycles. The first kappa shape index (κ1) is 17.3. The highest BCUT2D eigenvalue weighted by Gasteiger charge is 2.23. The fourth-order valence-electron chi connectivity index (χ4n) is 3.27. The second kappa shape index (κ2) is 6.89. The van der Waals surface area contributed by atoms with Crippen molar-refractivity contribution in [1.82, 2.24) is 9.38 Å². The Hall–Kier alpha value is -3.12. The molecule has 5 nitrogen and oxygen atoms in total. The maximum absolute atomic E-state index is 12.0. The number of rotatable bonds is 5. The largest absolute Gasteiger partial charge is 0.497 e. The highest BCUT2D eigenvalue weighted by Crippen LogP contribution is 2.40. The molecule has 27 heavy (non-hydrogen) atoms. The van der Waals surface area contributed by atoms with Crippen LogP contribution in [-0.2, 0) is 0 Å². The molecule has 0 N–H and O–H groups in total. The van der Waals surface area contributed by atoms with E-state index in [-0.39, 0.29) is 0 Å². The lowest BCUT2D eigenvalue weighted by molar-refractivity contribution is 0.111. The number of imidazole rings is 1. The van der Waals surface area contributed by atoms with Gasteiger partial charge in [-0.2, -0.15) is 0 Å². The number of aldehydes is 1. The number of hydrogen-bond donors (Lipinski definition) is 0. The van der Waals surface area contributed by atoms with Crippen LogP contribution in [0.3, 0.4) is 0 Å². The first-order chi connectivity index (χ1) is 13.2. The van der Waals surface area contributed by atoms with Crippen LogP contribution < -0.4 is 9.47 Å². The van der Waals surface area contributed by atoms with Crippen LogP contribution in [0.15, 0.2) is 48.5 Å². The summed E-state index contributed by atoms with van der Waals surface area (Å²) in [6, 6.07) is 15.4. The van der Waals surface area contributed by atoms with Gasteiger partial charge in [-0.3, -0.25) is 9.20 Å². The first-order valence-electron chi connectivity index (χ1n) is 8.42. The Balaban J connectivity index is 2.04. The molecule has 0 atom stereocenters. The normalized spacial score (nSPS) is 10.9. The Kier molecular flexibility index (Phi) is 4.41. The quantitative estimate of drug-likeness (QED) is 0.465. The van der Waals surface area contributed by atoms with E-state index in [4.69, 9.17) is 14.5 Å². The molecule has 136 valence electrons. The Bertz CT molecular complexity index is 1130. The van der Waals surface area contributed by atoms with Gasteiger partial charge >= 0.3 is 0 Å². The minimum absolute atomic E-state index is 0.528. The summed E-state index contributed by atoms with van der Waals surface area (Å²) in [5.74, 6) is 1.44. The summed E-state index contributed by atoms with van der Waals surface area (Å²) in [5.41, 5.74) is 3.88. The van der Waals surface area contributed by atoms with Gasteiger partial charge in [0.15, 0.2) is 11.2 Å². The van der Waals surface area contributed by atoms with E-state index in [2.05, 4.69) is 0 Å². The maximum atomic E-state index is 12.0. The van der Waals surface area contributed by atoms with Gasteiger partial charge in [-0.05, 0) is 25.1 Å². The lowest BCUT2D eigenvalue weighted by Crippen LogP contribution is -1.98. The van der Waals surface area contributed by atoms with Crippen molar-refractivity contribution >= 4 is 22.6 Å². The number of aromatic nitrogens is 2. The van der Waals surface area contributed by atoms with Gasteiger partial charge in [0, 0.05) is 16.0 Å². The van der Waals surface area contributed by atoms with Crippen molar-refractivity contribution in [1.29, 1.82) is 0 Å². The predicted octanol–water partition coefficient (Wildman–Crippen LogP) is 4.87. The summed E-state index contributed by atoms with van der Waals surface area (Å²) in [5, 5.41) is 0. The van der Waals surface area contributed by atoms with E-state index < -0.39 is 0 Å². The SMILES string of the molecule is COc1ccc(OC)c(-c2c(C)sc3nc(-c4ccccc4)c(C=O)n23)c1. The van der Waals surface area contributed by atoms with E-state index in [9.17, 15) is 4.79 Å². The van der Waals surface area contributed by atoms with Crippen LogP contribution in [0.25, 0.3) is 27.5 Å². The molecular weight excluding hydrogens is 360 g/mol. The molecule has 0 radical (unpaired) electrons. The molecule has 4 aromatic rings. The lowest BCUT2D eigenvalue weighted by Gasteiger charge is -2.11. The fraction of sp³-hybridized carbons (Fsp3) is 0.143. The van der Waals surface area contributed by atoms with E-state index >= 15 is 0 Å². The van der Waals surface area contributed by atoms with Crippen LogP contribution in [0.5, 0.6) is 11.5 Å². The van der Waals surface area contributed by atoms with Crippen molar-refractivity contribution in [2.24, 2.45) is 0 Å². The molecule has 2 aromatic carbocycles. The first-order valence-corrected chi connectivity index (χ1v) is 9.24. The lowest BCUT2D eigenvalue weighted by atomic mass is 10.1. The monoisotopic (exact) mass is 378 g/mol. The Morgan fingerprint density at radius 3 is 2.52 bits per heavy atom. The number of hydrogen-bond acceptors (Lipinski definition) is 5. The summed E-state index contributed by atoms with van der Waals surface area (Å²) >= 11 is 1.55. The van der Waals surface area contributed by atoms with Crippen LogP contribution in [-0.4, -0.2) is 29.9 Å². The molecular formula is C21H18N2O3S. The molecule has 0 aliphatic carbocycles. The van der Waals surface area contributed by atoms with Gasteiger partial charge < -0.3 is 9.47 Å². The molecule has 0 aliphatic rings. The molecule has 2 heterocycles. The van der Waals surface area contributed by atoms with Gasteiger partial charge in [0.25, 0.3) is 0 Å². The number of thiazole rings is 1. The van der Waals surface area contributed by atoms with Crippen LogP contribution in [0.2, 0.25) is 0 Å². The Morgan fingerprint density at radius 1 is 1.07 bits per heavy atom. The van der Waals surface area contributed by atoms with E-state index in [1.807, 2.05) is 59.9 Å². The summed E-state index contributed by atoms with van der Waals surface area (Å²) in [7, 11) is 3.26. The van der Waals surface area contributed by atoms with Gasteiger partial charge in [-0.15, -0.1) is 11.3 Å². The van der Waals surface area contributed by atoms with E-state index in [0.717, 1.165) is 38.7 Å².